The van der Waals surface area contributed by atoms with E-state index in [2.05, 4.69) is 5.32 Å². The van der Waals surface area contributed by atoms with E-state index in [9.17, 15) is 9.18 Å². The van der Waals surface area contributed by atoms with Crippen LogP contribution in [0.2, 0.25) is 10.0 Å². The lowest BCUT2D eigenvalue weighted by Crippen LogP contribution is -2.34. The molecule has 1 aliphatic rings. The van der Waals surface area contributed by atoms with Crippen molar-refractivity contribution >= 4 is 29.1 Å². The summed E-state index contributed by atoms with van der Waals surface area (Å²) < 4.78 is 13.4. The molecule has 0 aromatic heterocycles. The van der Waals surface area contributed by atoms with Crippen molar-refractivity contribution in [3.63, 3.8) is 0 Å². The molecule has 1 aliphatic carbocycles. The van der Waals surface area contributed by atoms with Gasteiger partial charge >= 0.3 is 0 Å². The predicted molar refractivity (Wildman–Crippen MR) is 75.4 cm³/mol. The predicted octanol–water partition coefficient (Wildman–Crippen LogP) is 4.59. The van der Waals surface area contributed by atoms with Crippen molar-refractivity contribution in [2.45, 2.75) is 44.6 Å². The molecule has 0 radical (unpaired) electrons. The number of rotatable bonds is 2. The van der Waals surface area contributed by atoms with Gasteiger partial charge in [-0.25, -0.2) is 4.39 Å². The van der Waals surface area contributed by atoms with Crippen LogP contribution in [0.3, 0.4) is 0 Å². The fourth-order valence-electron chi connectivity index (χ4n) is 2.38. The van der Waals surface area contributed by atoms with Gasteiger partial charge < -0.3 is 5.32 Å². The minimum Gasteiger partial charge on any atom is -0.349 e. The van der Waals surface area contributed by atoms with Crippen molar-refractivity contribution in [3.05, 3.63) is 33.6 Å². The SMILES string of the molecule is O=C(NC1CCCCCC1)c1cc(F)c(Cl)cc1Cl. The largest absolute Gasteiger partial charge is 0.349 e. The number of amides is 1. The van der Waals surface area contributed by atoms with Crippen molar-refractivity contribution in [3.8, 4) is 0 Å². The van der Waals surface area contributed by atoms with Crippen LogP contribution in [0.25, 0.3) is 0 Å². The molecule has 1 N–H and O–H groups in total. The Kier molecular flexibility index (Phi) is 5.06. The van der Waals surface area contributed by atoms with Crippen LogP contribution in [0, 0.1) is 5.82 Å². The van der Waals surface area contributed by atoms with Crippen LogP contribution in [-0.4, -0.2) is 11.9 Å². The summed E-state index contributed by atoms with van der Waals surface area (Å²) in [5.74, 6) is -0.954. The smallest absolute Gasteiger partial charge is 0.253 e. The van der Waals surface area contributed by atoms with Gasteiger partial charge in [0.25, 0.3) is 5.91 Å². The van der Waals surface area contributed by atoms with Crippen LogP contribution in [0.4, 0.5) is 4.39 Å². The lowest BCUT2D eigenvalue weighted by Gasteiger charge is -2.16. The van der Waals surface area contributed by atoms with Gasteiger partial charge in [0.15, 0.2) is 0 Å². The summed E-state index contributed by atoms with van der Waals surface area (Å²) in [4.78, 5) is 12.1. The molecule has 0 bridgehead atoms. The molecule has 1 saturated carbocycles. The van der Waals surface area contributed by atoms with Crippen molar-refractivity contribution in [1.82, 2.24) is 5.32 Å². The van der Waals surface area contributed by atoms with Crippen molar-refractivity contribution < 1.29 is 9.18 Å². The molecule has 1 aromatic carbocycles. The Morgan fingerprint density at radius 2 is 1.74 bits per heavy atom. The van der Waals surface area contributed by atoms with Crippen molar-refractivity contribution in [2.24, 2.45) is 0 Å². The van der Waals surface area contributed by atoms with Crippen LogP contribution < -0.4 is 5.32 Å². The Balaban J connectivity index is 2.08. The molecule has 104 valence electrons. The maximum Gasteiger partial charge on any atom is 0.253 e. The molecule has 2 nitrogen and oxygen atoms in total. The molecule has 19 heavy (non-hydrogen) atoms. The summed E-state index contributed by atoms with van der Waals surface area (Å²) >= 11 is 11.5. The summed E-state index contributed by atoms with van der Waals surface area (Å²) in [5, 5.41) is 3.03. The molecule has 1 fully saturated rings. The first kappa shape index (κ1) is 14.6. The molecule has 0 unspecified atom stereocenters. The Morgan fingerprint density at radius 1 is 1.11 bits per heavy atom. The average Bonchev–Trinajstić information content (AvgIpc) is 2.62. The number of hydrogen-bond donors (Lipinski definition) is 1. The lowest BCUT2D eigenvalue weighted by molar-refractivity contribution is 0.0933. The number of nitrogens with one attached hydrogen (secondary N) is 1. The zero-order valence-electron chi connectivity index (χ0n) is 10.5. The molecule has 0 atom stereocenters. The van der Waals surface area contributed by atoms with Crippen LogP contribution >= 0.6 is 23.2 Å². The van der Waals surface area contributed by atoms with E-state index in [1.54, 1.807) is 0 Å². The monoisotopic (exact) mass is 303 g/mol. The van der Waals surface area contributed by atoms with E-state index in [1.165, 1.54) is 18.9 Å². The summed E-state index contributed by atoms with van der Waals surface area (Å²) in [6, 6.07) is 2.52. The van der Waals surface area contributed by atoms with E-state index >= 15 is 0 Å². The normalized spacial score (nSPS) is 17.0. The third-order valence-electron chi connectivity index (χ3n) is 3.44. The molecule has 0 spiro atoms. The first-order valence-corrected chi connectivity index (χ1v) is 7.29. The quantitative estimate of drug-likeness (QED) is 0.628. The Morgan fingerprint density at radius 3 is 2.37 bits per heavy atom. The number of carbonyl (C=O) groups is 1. The Bertz CT molecular complexity index is 471. The van der Waals surface area contributed by atoms with E-state index in [0.29, 0.717) is 0 Å². The van der Waals surface area contributed by atoms with E-state index in [1.807, 2.05) is 0 Å². The summed E-state index contributed by atoms with van der Waals surface area (Å²) in [6.45, 7) is 0. The number of benzene rings is 1. The summed E-state index contributed by atoms with van der Waals surface area (Å²) in [5.41, 5.74) is 0.146. The molecule has 1 amide bonds. The second-order valence-electron chi connectivity index (χ2n) is 4.91. The molecule has 5 heteroatoms. The van der Waals surface area contributed by atoms with Crippen LogP contribution in [0.1, 0.15) is 48.9 Å². The number of halogens is 3. The second kappa shape index (κ2) is 6.58. The minimum atomic E-state index is -0.628. The summed E-state index contributed by atoms with van der Waals surface area (Å²) in [7, 11) is 0. The lowest BCUT2D eigenvalue weighted by atomic mass is 10.1. The second-order valence-corrected chi connectivity index (χ2v) is 5.72. The van der Waals surface area contributed by atoms with Gasteiger partial charge in [0.2, 0.25) is 0 Å². The fraction of sp³-hybridized carbons (Fsp3) is 0.500. The molecule has 2 rings (SSSR count). The van der Waals surface area contributed by atoms with Gasteiger partial charge in [0.1, 0.15) is 5.82 Å². The molecule has 1 aromatic rings. The third kappa shape index (κ3) is 3.83. The highest BCUT2D eigenvalue weighted by Gasteiger charge is 2.19. The molecule has 0 saturated heterocycles. The third-order valence-corrected chi connectivity index (χ3v) is 4.05. The highest BCUT2D eigenvalue weighted by molar-refractivity contribution is 6.36. The molecule has 0 aliphatic heterocycles. The maximum absolute atomic E-state index is 13.4. The van der Waals surface area contributed by atoms with E-state index in [-0.39, 0.29) is 27.6 Å². The topological polar surface area (TPSA) is 29.1 Å². The van der Waals surface area contributed by atoms with Crippen molar-refractivity contribution in [1.29, 1.82) is 0 Å². The van der Waals surface area contributed by atoms with Gasteiger partial charge in [0.05, 0.1) is 15.6 Å². The van der Waals surface area contributed by atoms with Gasteiger partial charge in [-0.05, 0) is 25.0 Å². The van der Waals surface area contributed by atoms with E-state index in [0.717, 1.165) is 31.7 Å². The Hall–Kier alpha value is -0.800. The van der Waals surface area contributed by atoms with Crippen molar-refractivity contribution in [2.75, 3.05) is 0 Å². The molecular formula is C14H16Cl2FNO. The average molecular weight is 304 g/mol. The van der Waals surface area contributed by atoms with Gasteiger partial charge in [-0.2, -0.15) is 0 Å². The first-order valence-electron chi connectivity index (χ1n) is 6.53. The standard InChI is InChI=1S/C14H16Cl2FNO/c15-11-8-12(16)13(17)7-10(11)14(19)18-9-5-3-1-2-4-6-9/h7-9H,1-6H2,(H,18,19). The van der Waals surface area contributed by atoms with E-state index in [4.69, 9.17) is 23.2 Å². The van der Waals surface area contributed by atoms with Crippen LogP contribution in [-0.2, 0) is 0 Å². The summed E-state index contributed by atoms with van der Waals surface area (Å²) in [6.07, 6.45) is 6.60. The highest BCUT2D eigenvalue weighted by Crippen LogP contribution is 2.25. The number of carbonyl (C=O) groups excluding carboxylic acids is 1. The van der Waals surface area contributed by atoms with Gasteiger partial charge in [-0.1, -0.05) is 48.9 Å². The number of hydrogen-bond acceptors (Lipinski definition) is 1. The van der Waals surface area contributed by atoms with Gasteiger partial charge in [-0.3, -0.25) is 4.79 Å². The highest BCUT2D eigenvalue weighted by atomic mass is 35.5. The van der Waals surface area contributed by atoms with E-state index < -0.39 is 5.82 Å². The zero-order chi connectivity index (χ0) is 13.8. The van der Waals surface area contributed by atoms with Crippen LogP contribution in [0.15, 0.2) is 12.1 Å². The maximum atomic E-state index is 13.4. The zero-order valence-corrected chi connectivity index (χ0v) is 12.0. The van der Waals surface area contributed by atoms with Crippen LogP contribution in [0.5, 0.6) is 0 Å². The fourth-order valence-corrected chi connectivity index (χ4v) is 2.85. The Labute approximate surface area is 122 Å². The molecule has 0 heterocycles. The van der Waals surface area contributed by atoms with Gasteiger partial charge in [0, 0.05) is 6.04 Å². The molecular weight excluding hydrogens is 288 g/mol. The first-order chi connectivity index (χ1) is 9.08. The van der Waals surface area contributed by atoms with Gasteiger partial charge in [-0.15, -0.1) is 0 Å². The minimum absolute atomic E-state index is 0.0731.